The molecule has 1 rings (SSSR count). The van der Waals surface area contributed by atoms with Crippen molar-refractivity contribution >= 4 is 0 Å². The molecular weight excluding hydrogens is 120 g/mol. The molecule has 50 valence electrons. The molecule has 0 heterocycles. The third kappa shape index (κ3) is 1.55. The summed E-state index contributed by atoms with van der Waals surface area (Å²) >= 11 is 0. The second-order valence-corrected chi connectivity index (χ2v) is 2.04. The van der Waals surface area contributed by atoms with Crippen LogP contribution in [0.2, 0.25) is 0 Å². The van der Waals surface area contributed by atoms with Gasteiger partial charge in [0.05, 0.1) is 0 Å². The molecule has 0 aromatic carbocycles. The predicted octanol–water partition coefficient (Wildman–Crippen LogP) is 0.0691. The Morgan fingerprint density at radius 3 is 2.44 bits per heavy atom. The molecule has 1 aliphatic rings. The van der Waals surface area contributed by atoms with Gasteiger partial charge in [-0.05, 0) is 18.2 Å². The fourth-order valence-corrected chi connectivity index (χ4v) is 0.610. The fraction of sp³-hybridized carbons (Fsp3) is 0.333. The van der Waals surface area contributed by atoms with Gasteiger partial charge >= 0.3 is 0 Å². The Morgan fingerprint density at radius 2 is 2.11 bits per heavy atom. The first-order valence-electron chi connectivity index (χ1n) is 2.63. The molecule has 1 aliphatic carbocycles. The summed E-state index contributed by atoms with van der Waals surface area (Å²) in [6, 6.07) is 0. The fourth-order valence-electron chi connectivity index (χ4n) is 0.610. The van der Waals surface area contributed by atoms with E-state index < -0.39 is 5.79 Å². The quantitative estimate of drug-likeness (QED) is 0.404. The Balaban J connectivity index is 2.70. The zero-order chi connectivity index (χ0) is 6.91. The lowest BCUT2D eigenvalue weighted by Gasteiger charge is -2.17. The molecule has 0 unspecified atom stereocenters. The van der Waals surface area contributed by atoms with Gasteiger partial charge in [0, 0.05) is 6.42 Å². The molecule has 0 saturated carbocycles. The van der Waals surface area contributed by atoms with Crippen molar-refractivity contribution in [3.8, 4) is 0 Å². The topological polar surface area (TPSA) is 60.7 Å². The summed E-state index contributed by atoms with van der Waals surface area (Å²) in [4.78, 5) is 0. The summed E-state index contributed by atoms with van der Waals surface area (Å²) in [5, 5.41) is 26.3. The molecule has 3 nitrogen and oxygen atoms in total. The molecular formula is C6H8O3. The van der Waals surface area contributed by atoms with Crippen molar-refractivity contribution in [3.05, 3.63) is 24.0 Å². The third-order valence-corrected chi connectivity index (χ3v) is 1.13. The number of hydrogen-bond donors (Lipinski definition) is 3. The Kier molecular flexibility index (Phi) is 1.31. The van der Waals surface area contributed by atoms with Crippen molar-refractivity contribution in [2.24, 2.45) is 0 Å². The summed E-state index contributed by atoms with van der Waals surface area (Å²) in [5.74, 6) is -1.68. The number of allylic oxidation sites excluding steroid dienone is 1. The Labute approximate surface area is 52.6 Å². The van der Waals surface area contributed by atoms with E-state index in [1.54, 1.807) is 0 Å². The molecule has 0 fully saturated rings. The van der Waals surface area contributed by atoms with Crippen LogP contribution in [0.1, 0.15) is 6.42 Å². The van der Waals surface area contributed by atoms with Crippen LogP contribution >= 0.6 is 0 Å². The van der Waals surface area contributed by atoms with E-state index in [0.29, 0.717) is 0 Å². The van der Waals surface area contributed by atoms with E-state index in [9.17, 15) is 0 Å². The summed E-state index contributed by atoms with van der Waals surface area (Å²) in [5.41, 5.74) is 0. The smallest absolute Gasteiger partial charge is 0.186 e. The SMILES string of the molecule is OC1=CCC(O)(O)C=C1. The third-order valence-electron chi connectivity index (χ3n) is 1.13. The standard InChI is InChI=1S/C6H8O3/c7-5-1-3-6(8,9)4-2-5/h1-3,7-9H,4H2. The van der Waals surface area contributed by atoms with Gasteiger partial charge < -0.3 is 15.3 Å². The van der Waals surface area contributed by atoms with Crippen LogP contribution < -0.4 is 0 Å². The van der Waals surface area contributed by atoms with E-state index in [2.05, 4.69) is 0 Å². The van der Waals surface area contributed by atoms with E-state index in [0.717, 1.165) is 6.08 Å². The first-order chi connectivity index (χ1) is 4.10. The summed E-state index contributed by atoms with van der Waals surface area (Å²) < 4.78 is 0. The zero-order valence-corrected chi connectivity index (χ0v) is 4.78. The van der Waals surface area contributed by atoms with Gasteiger partial charge in [-0.3, -0.25) is 0 Å². The minimum atomic E-state index is -1.76. The van der Waals surface area contributed by atoms with E-state index in [1.807, 2.05) is 0 Å². The van der Waals surface area contributed by atoms with Crippen LogP contribution in [0.4, 0.5) is 0 Å². The predicted molar refractivity (Wildman–Crippen MR) is 31.6 cm³/mol. The van der Waals surface area contributed by atoms with Crippen LogP contribution in [0.5, 0.6) is 0 Å². The summed E-state index contributed by atoms with van der Waals surface area (Å²) in [6.45, 7) is 0. The molecule has 0 amide bonds. The zero-order valence-electron chi connectivity index (χ0n) is 4.78. The highest BCUT2D eigenvalue weighted by molar-refractivity contribution is 5.19. The number of hydrogen-bond acceptors (Lipinski definition) is 3. The van der Waals surface area contributed by atoms with E-state index in [4.69, 9.17) is 15.3 Å². The van der Waals surface area contributed by atoms with Crippen molar-refractivity contribution in [3.63, 3.8) is 0 Å². The highest BCUT2D eigenvalue weighted by Gasteiger charge is 2.19. The van der Waals surface area contributed by atoms with E-state index in [1.165, 1.54) is 12.2 Å². The molecule has 3 heteroatoms. The summed E-state index contributed by atoms with van der Waals surface area (Å²) in [7, 11) is 0. The van der Waals surface area contributed by atoms with Gasteiger partial charge in [-0.2, -0.15) is 0 Å². The lowest BCUT2D eigenvalue weighted by molar-refractivity contribution is -0.116. The number of aliphatic hydroxyl groups is 3. The van der Waals surface area contributed by atoms with Gasteiger partial charge in [0.2, 0.25) is 0 Å². The van der Waals surface area contributed by atoms with Crippen molar-refractivity contribution in [1.82, 2.24) is 0 Å². The second-order valence-electron chi connectivity index (χ2n) is 2.04. The first kappa shape index (κ1) is 6.32. The molecule has 0 spiro atoms. The second kappa shape index (κ2) is 1.86. The maximum absolute atomic E-state index is 8.81. The largest absolute Gasteiger partial charge is 0.508 e. The van der Waals surface area contributed by atoms with Gasteiger partial charge in [0.15, 0.2) is 5.79 Å². The van der Waals surface area contributed by atoms with E-state index in [-0.39, 0.29) is 12.2 Å². The van der Waals surface area contributed by atoms with Crippen molar-refractivity contribution in [2.45, 2.75) is 12.2 Å². The normalized spacial score (nSPS) is 23.6. The molecule has 0 bridgehead atoms. The van der Waals surface area contributed by atoms with E-state index >= 15 is 0 Å². The minimum absolute atomic E-state index is 0.0509. The Morgan fingerprint density at radius 1 is 1.44 bits per heavy atom. The molecule has 0 aromatic heterocycles. The van der Waals surface area contributed by atoms with Crippen LogP contribution in [0.15, 0.2) is 24.0 Å². The average Bonchev–Trinajstić information content (AvgIpc) is 1.78. The molecule has 3 N–H and O–H groups in total. The number of rotatable bonds is 0. The van der Waals surface area contributed by atoms with Gasteiger partial charge in [-0.25, -0.2) is 0 Å². The highest BCUT2D eigenvalue weighted by atomic mass is 16.5. The van der Waals surface area contributed by atoms with Crippen molar-refractivity contribution in [1.29, 1.82) is 0 Å². The minimum Gasteiger partial charge on any atom is -0.508 e. The lowest BCUT2D eigenvalue weighted by Crippen LogP contribution is -2.25. The molecule has 9 heavy (non-hydrogen) atoms. The van der Waals surface area contributed by atoms with Gasteiger partial charge in [0.25, 0.3) is 0 Å². The molecule has 0 aliphatic heterocycles. The van der Waals surface area contributed by atoms with Crippen LogP contribution in [0, 0.1) is 0 Å². The average molecular weight is 128 g/mol. The van der Waals surface area contributed by atoms with Gasteiger partial charge in [0.1, 0.15) is 5.76 Å². The Hall–Kier alpha value is -0.800. The van der Waals surface area contributed by atoms with Crippen molar-refractivity contribution < 1.29 is 15.3 Å². The Bertz CT molecular complexity index is 167. The lowest BCUT2D eigenvalue weighted by atomic mass is 10.1. The molecule has 0 saturated heterocycles. The van der Waals surface area contributed by atoms with Crippen LogP contribution in [0.3, 0.4) is 0 Å². The number of aliphatic hydroxyl groups excluding tert-OH is 1. The van der Waals surface area contributed by atoms with Crippen molar-refractivity contribution in [2.75, 3.05) is 0 Å². The molecule has 0 aromatic rings. The maximum atomic E-state index is 8.81. The maximum Gasteiger partial charge on any atom is 0.186 e. The monoisotopic (exact) mass is 128 g/mol. The van der Waals surface area contributed by atoms with Crippen LogP contribution in [0.25, 0.3) is 0 Å². The van der Waals surface area contributed by atoms with Gasteiger partial charge in [-0.15, -0.1) is 0 Å². The molecule has 0 atom stereocenters. The summed E-state index contributed by atoms with van der Waals surface area (Å²) in [6.07, 6.45) is 3.79. The van der Waals surface area contributed by atoms with Crippen LogP contribution in [-0.2, 0) is 0 Å². The van der Waals surface area contributed by atoms with Gasteiger partial charge in [-0.1, -0.05) is 0 Å². The highest BCUT2D eigenvalue weighted by Crippen LogP contribution is 2.15. The van der Waals surface area contributed by atoms with Crippen LogP contribution in [-0.4, -0.2) is 21.1 Å². The molecule has 0 radical (unpaired) electrons. The first-order valence-corrected chi connectivity index (χ1v) is 2.63.